The molecule has 9 heteroatoms. The SMILES string of the molecule is Cc1c(C=O)c2cc(Cl)ccc2n1-c1ccc(O)cc1.O=P(Cl)(Cl)Cl. The number of hydrogen-bond acceptors (Lipinski definition) is 3. The van der Waals surface area contributed by atoms with E-state index in [2.05, 4.69) is 33.7 Å². The largest absolute Gasteiger partial charge is 0.508 e. The molecule has 3 aromatic rings. The fourth-order valence-electron chi connectivity index (χ4n) is 2.50. The third-order valence-electron chi connectivity index (χ3n) is 3.44. The molecule has 1 heterocycles. The Balaban J connectivity index is 0.000000399. The molecule has 0 radical (unpaired) electrons. The quantitative estimate of drug-likeness (QED) is 0.348. The Morgan fingerprint density at radius 1 is 1.08 bits per heavy atom. The van der Waals surface area contributed by atoms with E-state index in [9.17, 15) is 14.5 Å². The van der Waals surface area contributed by atoms with Gasteiger partial charge in [-0.3, -0.25) is 9.36 Å². The highest BCUT2D eigenvalue weighted by molar-refractivity contribution is 8.24. The summed E-state index contributed by atoms with van der Waals surface area (Å²) in [6.45, 7) is 1.89. The Morgan fingerprint density at radius 2 is 1.64 bits per heavy atom. The van der Waals surface area contributed by atoms with Crippen molar-refractivity contribution in [2.24, 2.45) is 0 Å². The van der Waals surface area contributed by atoms with E-state index in [1.807, 2.05) is 29.7 Å². The summed E-state index contributed by atoms with van der Waals surface area (Å²) in [5.41, 5.74) is 3.29. The molecule has 0 amide bonds. The first kappa shape index (κ1) is 20.2. The van der Waals surface area contributed by atoms with Crippen molar-refractivity contribution in [3.8, 4) is 11.4 Å². The van der Waals surface area contributed by atoms with Crippen LogP contribution in [0.2, 0.25) is 5.02 Å². The van der Waals surface area contributed by atoms with Crippen LogP contribution in [0.1, 0.15) is 16.1 Å². The average molecular weight is 439 g/mol. The van der Waals surface area contributed by atoms with E-state index in [4.69, 9.17) is 11.6 Å². The first-order chi connectivity index (χ1) is 11.6. The number of phenolic OH excluding ortho intramolecular Hbond substituents is 1. The molecule has 0 spiro atoms. The molecule has 0 aliphatic carbocycles. The van der Waals surface area contributed by atoms with Crippen molar-refractivity contribution in [3.63, 3.8) is 0 Å². The summed E-state index contributed by atoms with van der Waals surface area (Å²) < 4.78 is 11.5. The van der Waals surface area contributed by atoms with Crippen LogP contribution in [0.15, 0.2) is 42.5 Å². The van der Waals surface area contributed by atoms with Crippen LogP contribution in [0.5, 0.6) is 5.75 Å². The summed E-state index contributed by atoms with van der Waals surface area (Å²) in [5.74, 6) is 0.210. The third-order valence-corrected chi connectivity index (χ3v) is 3.68. The molecule has 0 saturated carbocycles. The summed E-state index contributed by atoms with van der Waals surface area (Å²) in [5, 5.41) is 7.60. The minimum atomic E-state index is -3.22. The molecule has 1 N–H and O–H groups in total. The second kappa shape index (κ2) is 8.03. The summed E-state index contributed by atoms with van der Waals surface area (Å²) >= 11 is 19.9. The van der Waals surface area contributed by atoms with Gasteiger partial charge in [-0.05, 0) is 83.1 Å². The molecule has 0 atom stereocenters. The Labute approximate surface area is 163 Å². The molecule has 0 aliphatic rings. The molecule has 25 heavy (non-hydrogen) atoms. The second-order valence-corrected chi connectivity index (χ2v) is 12.1. The van der Waals surface area contributed by atoms with Crippen LogP contribution < -0.4 is 0 Å². The van der Waals surface area contributed by atoms with Gasteiger partial charge in [-0.1, -0.05) is 11.6 Å². The molecule has 0 saturated heterocycles. The Morgan fingerprint density at radius 3 is 2.16 bits per heavy atom. The fraction of sp³-hybridized carbons (Fsp3) is 0.0625. The molecule has 132 valence electrons. The fourth-order valence-corrected chi connectivity index (χ4v) is 2.67. The average Bonchev–Trinajstić information content (AvgIpc) is 2.77. The molecule has 3 rings (SSSR count). The lowest BCUT2D eigenvalue weighted by Crippen LogP contribution is -1.96. The van der Waals surface area contributed by atoms with E-state index in [0.717, 1.165) is 28.6 Å². The Kier molecular flexibility index (Phi) is 6.47. The van der Waals surface area contributed by atoms with Crippen molar-refractivity contribution in [2.75, 3.05) is 0 Å². The standard InChI is InChI=1S/C16H12ClNO2.Cl3OP/c1-10-15(9-19)14-8-11(17)2-7-16(14)18(10)12-3-5-13(20)6-4-12;1-5(2,3)4/h2-9,20H,1H3;. The zero-order chi connectivity index (χ0) is 18.8. The lowest BCUT2D eigenvalue weighted by atomic mass is 10.1. The predicted molar refractivity (Wildman–Crippen MR) is 105 cm³/mol. The number of aldehydes is 1. The number of rotatable bonds is 2. The van der Waals surface area contributed by atoms with Crippen LogP contribution in [0.4, 0.5) is 0 Å². The number of halogens is 4. The van der Waals surface area contributed by atoms with Crippen LogP contribution in [0, 0.1) is 6.92 Å². The highest BCUT2D eigenvalue weighted by atomic mass is 36.0. The van der Waals surface area contributed by atoms with E-state index in [-0.39, 0.29) is 5.75 Å². The number of benzene rings is 2. The van der Waals surface area contributed by atoms with Gasteiger partial charge in [0.25, 0.3) is 0 Å². The first-order valence-electron chi connectivity index (χ1n) is 6.86. The van der Waals surface area contributed by atoms with Crippen molar-refractivity contribution < 1.29 is 14.5 Å². The van der Waals surface area contributed by atoms with Crippen LogP contribution in [0.25, 0.3) is 16.6 Å². The van der Waals surface area contributed by atoms with Gasteiger partial charge >= 0.3 is 5.20 Å². The Bertz CT molecular complexity index is 955. The molecule has 1 aromatic heterocycles. The van der Waals surface area contributed by atoms with E-state index >= 15 is 0 Å². The summed E-state index contributed by atoms with van der Waals surface area (Å²) in [4.78, 5) is 11.4. The zero-order valence-electron chi connectivity index (χ0n) is 12.8. The second-order valence-electron chi connectivity index (χ2n) is 5.03. The van der Waals surface area contributed by atoms with Crippen LogP contribution in [-0.2, 0) is 4.57 Å². The number of carbonyl (C=O) groups excluding carboxylic acids is 1. The first-order valence-corrected chi connectivity index (χ1v) is 11.7. The van der Waals surface area contributed by atoms with E-state index in [0.29, 0.717) is 10.6 Å². The number of carbonyl (C=O) groups is 1. The van der Waals surface area contributed by atoms with E-state index in [1.165, 1.54) is 0 Å². The van der Waals surface area contributed by atoms with Crippen LogP contribution in [-0.4, -0.2) is 16.0 Å². The summed E-state index contributed by atoms with van der Waals surface area (Å²) in [6.07, 6.45) is 0.852. The Hall–Kier alpha value is -1.16. The van der Waals surface area contributed by atoms with Crippen molar-refractivity contribution in [1.29, 1.82) is 0 Å². The molecule has 2 aromatic carbocycles. The third kappa shape index (κ3) is 5.16. The number of hydrogen-bond donors (Lipinski definition) is 1. The van der Waals surface area contributed by atoms with Crippen LogP contribution in [0.3, 0.4) is 0 Å². The maximum Gasteiger partial charge on any atom is 0.339 e. The normalized spacial score (nSPS) is 11.1. The lowest BCUT2D eigenvalue weighted by Gasteiger charge is -2.08. The molecule has 4 nitrogen and oxygen atoms in total. The topological polar surface area (TPSA) is 59.3 Å². The van der Waals surface area contributed by atoms with E-state index in [1.54, 1.807) is 24.3 Å². The molecular weight excluding hydrogens is 427 g/mol. The summed E-state index contributed by atoms with van der Waals surface area (Å²) in [7, 11) is 0. The number of fused-ring (bicyclic) bond motifs is 1. The minimum Gasteiger partial charge on any atom is -0.508 e. The lowest BCUT2D eigenvalue weighted by molar-refractivity contribution is 0.112. The number of phenols is 1. The van der Waals surface area contributed by atoms with Crippen molar-refractivity contribution in [2.45, 2.75) is 6.92 Å². The maximum atomic E-state index is 11.4. The number of nitrogens with zero attached hydrogens (tertiary/aromatic N) is 1. The minimum absolute atomic E-state index is 0.210. The van der Waals surface area contributed by atoms with Gasteiger partial charge in [0.2, 0.25) is 0 Å². The molecule has 0 aliphatic heterocycles. The zero-order valence-corrected chi connectivity index (χ0v) is 16.7. The maximum absolute atomic E-state index is 11.4. The van der Waals surface area contributed by atoms with Gasteiger partial charge in [0.05, 0.1) is 5.52 Å². The number of aromatic nitrogens is 1. The summed E-state index contributed by atoms with van der Waals surface area (Å²) in [6, 6.07) is 12.4. The highest BCUT2D eigenvalue weighted by Crippen LogP contribution is 2.61. The number of aromatic hydroxyl groups is 1. The molecular formula is C16H12Cl4NO3P. The van der Waals surface area contributed by atoms with Crippen molar-refractivity contribution in [3.05, 3.63) is 58.7 Å². The van der Waals surface area contributed by atoms with Gasteiger partial charge in [-0.25, -0.2) is 0 Å². The molecule has 0 bridgehead atoms. The molecule has 0 unspecified atom stereocenters. The van der Waals surface area contributed by atoms with Crippen molar-refractivity contribution >= 4 is 67.7 Å². The van der Waals surface area contributed by atoms with Gasteiger partial charge in [-0.15, -0.1) is 0 Å². The molecule has 0 fully saturated rings. The highest BCUT2D eigenvalue weighted by Gasteiger charge is 2.15. The van der Waals surface area contributed by atoms with E-state index < -0.39 is 5.20 Å². The smallest absolute Gasteiger partial charge is 0.339 e. The van der Waals surface area contributed by atoms with Gasteiger partial charge in [0.1, 0.15) is 5.75 Å². The van der Waals surface area contributed by atoms with Crippen molar-refractivity contribution in [1.82, 2.24) is 4.57 Å². The van der Waals surface area contributed by atoms with Gasteiger partial charge in [-0.2, -0.15) is 0 Å². The predicted octanol–water partition coefficient (Wildman–Crippen LogP) is 6.92. The van der Waals surface area contributed by atoms with Gasteiger partial charge in [0, 0.05) is 27.4 Å². The monoisotopic (exact) mass is 437 g/mol. The van der Waals surface area contributed by atoms with Crippen LogP contribution >= 0.6 is 50.5 Å². The van der Waals surface area contributed by atoms with Gasteiger partial charge < -0.3 is 9.67 Å². The van der Waals surface area contributed by atoms with Gasteiger partial charge in [0.15, 0.2) is 6.29 Å².